The van der Waals surface area contributed by atoms with E-state index in [0.717, 1.165) is 27.5 Å². The molecule has 0 spiro atoms. The van der Waals surface area contributed by atoms with Crippen molar-refractivity contribution in [1.82, 2.24) is 4.57 Å². The van der Waals surface area contributed by atoms with E-state index in [1.165, 1.54) is 22.0 Å². The topological polar surface area (TPSA) is 23.4 Å². The average Bonchev–Trinajstić information content (AvgIpc) is 2.93. The number of thiocarbonyl (C=S) groups is 1. The highest BCUT2D eigenvalue weighted by atomic mass is 32.1. The predicted molar refractivity (Wildman–Crippen MR) is 117 cm³/mol. The van der Waals surface area contributed by atoms with Gasteiger partial charge in [-0.2, -0.15) is 0 Å². The zero-order valence-electron chi connectivity index (χ0n) is 16.9. The lowest BCUT2D eigenvalue weighted by Crippen LogP contribution is -2.07. The van der Waals surface area contributed by atoms with Gasteiger partial charge in [0, 0.05) is 47.1 Å². The molecule has 0 aliphatic rings. The van der Waals surface area contributed by atoms with Crippen molar-refractivity contribution in [2.45, 2.75) is 33.1 Å². The van der Waals surface area contributed by atoms with E-state index >= 15 is 0 Å². The molecule has 0 unspecified atom stereocenters. The second-order valence-electron chi connectivity index (χ2n) is 7.32. The van der Waals surface area contributed by atoms with Crippen LogP contribution < -0.4 is 9.47 Å². The molecule has 4 heteroatoms. The van der Waals surface area contributed by atoms with Crippen molar-refractivity contribution in [3.05, 3.63) is 58.8 Å². The summed E-state index contributed by atoms with van der Waals surface area (Å²) in [4.78, 5) is 0.879. The van der Waals surface area contributed by atoms with Crippen LogP contribution in [0.1, 0.15) is 42.0 Å². The molecule has 0 saturated heterocycles. The van der Waals surface area contributed by atoms with Gasteiger partial charge in [0.1, 0.15) is 11.5 Å². The van der Waals surface area contributed by atoms with Crippen molar-refractivity contribution in [2.75, 3.05) is 14.2 Å². The van der Waals surface area contributed by atoms with Gasteiger partial charge in [-0.05, 0) is 47.7 Å². The summed E-state index contributed by atoms with van der Waals surface area (Å²) in [6.45, 7) is 6.46. The smallest absolute Gasteiger partial charge is 0.130 e. The van der Waals surface area contributed by atoms with Gasteiger partial charge < -0.3 is 14.0 Å². The Hall–Kier alpha value is -2.33. The zero-order valence-corrected chi connectivity index (χ0v) is 17.7. The molecule has 0 N–H and O–H groups in total. The van der Waals surface area contributed by atoms with E-state index in [9.17, 15) is 0 Å². The van der Waals surface area contributed by atoms with Gasteiger partial charge in [-0.3, -0.25) is 0 Å². The van der Waals surface area contributed by atoms with E-state index in [2.05, 4.69) is 62.8 Å². The predicted octanol–water partition coefficient (Wildman–Crippen LogP) is 5.59. The Balaban J connectivity index is 1.98. The molecule has 0 saturated carbocycles. The summed E-state index contributed by atoms with van der Waals surface area (Å²) < 4.78 is 13.3. The van der Waals surface area contributed by atoms with Crippen molar-refractivity contribution >= 4 is 28.0 Å². The van der Waals surface area contributed by atoms with Gasteiger partial charge in [-0.1, -0.05) is 32.1 Å². The third-order valence-corrected chi connectivity index (χ3v) is 5.46. The molecule has 0 aliphatic carbocycles. The third kappa shape index (κ3) is 3.72. The van der Waals surface area contributed by atoms with Crippen LogP contribution in [-0.2, 0) is 13.5 Å². The van der Waals surface area contributed by atoms with Crippen LogP contribution in [-0.4, -0.2) is 23.7 Å². The number of benzene rings is 2. The van der Waals surface area contributed by atoms with Crippen LogP contribution in [0.25, 0.3) is 10.9 Å². The number of aryl methyl sites for hydroxylation is 2. The van der Waals surface area contributed by atoms with Gasteiger partial charge in [-0.15, -0.1) is 0 Å². The van der Waals surface area contributed by atoms with Crippen LogP contribution in [0.2, 0.25) is 0 Å². The minimum atomic E-state index is 0.343. The molecule has 3 rings (SSSR count). The molecule has 3 aromatic rings. The standard InChI is InChI=1S/C23H27NO2S/c1-14(2)17-11-19(22(26-6)12-21(17)25-5)23(27)10-16-7-8-20-18(9-16)15(3)13-24(20)4/h7-9,11-14H,10H2,1-6H3. The van der Waals surface area contributed by atoms with Crippen LogP contribution in [0.15, 0.2) is 36.5 Å². The fourth-order valence-corrected chi connectivity index (χ4v) is 3.95. The zero-order chi connectivity index (χ0) is 19.7. The number of hydrogen-bond acceptors (Lipinski definition) is 3. The molecule has 142 valence electrons. The minimum Gasteiger partial charge on any atom is -0.496 e. The van der Waals surface area contributed by atoms with Crippen molar-refractivity contribution in [3.8, 4) is 11.5 Å². The molecule has 0 fully saturated rings. The average molecular weight is 382 g/mol. The molecule has 0 amide bonds. The SMILES string of the molecule is COc1cc(OC)c(C(C)C)cc1C(=S)Cc1ccc2c(c1)c(C)cn2C. The highest BCUT2D eigenvalue weighted by Crippen LogP contribution is 2.34. The molecule has 0 bridgehead atoms. The van der Waals surface area contributed by atoms with Crippen LogP contribution in [0.4, 0.5) is 0 Å². The summed E-state index contributed by atoms with van der Waals surface area (Å²) in [5.41, 5.74) is 5.85. The second-order valence-corrected chi connectivity index (χ2v) is 7.82. The Morgan fingerprint density at radius 3 is 2.41 bits per heavy atom. The molecule has 27 heavy (non-hydrogen) atoms. The molecule has 0 aliphatic heterocycles. The monoisotopic (exact) mass is 381 g/mol. The Kier molecular flexibility index (Phi) is 5.56. The number of ether oxygens (including phenoxy) is 2. The number of methoxy groups -OCH3 is 2. The van der Waals surface area contributed by atoms with E-state index in [4.69, 9.17) is 21.7 Å². The maximum absolute atomic E-state index is 5.82. The maximum atomic E-state index is 5.82. The van der Waals surface area contributed by atoms with E-state index in [1.54, 1.807) is 14.2 Å². The van der Waals surface area contributed by atoms with Gasteiger partial charge in [0.2, 0.25) is 0 Å². The number of hydrogen-bond donors (Lipinski definition) is 0. The van der Waals surface area contributed by atoms with Gasteiger partial charge in [0.05, 0.1) is 14.2 Å². The van der Waals surface area contributed by atoms with Gasteiger partial charge in [-0.25, -0.2) is 0 Å². The van der Waals surface area contributed by atoms with E-state index < -0.39 is 0 Å². The van der Waals surface area contributed by atoms with Crippen LogP contribution >= 0.6 is 12.2 Å². The van der Waals surface area contributed by atoms with Crippen molar-refractivity contribution in [1.29, 1.82) is 0 Å². The lowest BCUT2D eigenvalue weighted by atomic mass is 9.95. The fraction of sp³-hybridized carbons (Fsp3) is 0.348. The molecular weight excluding hydrogens is 354 g/mol. The first-order valence-electron chi connectivity index (χ1n) is 9.19. The van der Waals surface area contributed by atoms with Crippen LogP contribution in [0.5, 0.6) is 11.5 Å². The summed E-state index contributed by atoms with van der Waals surface area (Å²) >= 11 is 5.82. The van der Waals surface area contributed by atoms with Crippen LogP contribution in [0.3, 0.4) is 0 Å². The summed E-state index contributed by atoms with van der Waals surface area (Å²) in [5, 5.41) is 1.28. The summed E-state index contributed by atoms with van der Waals surface area (Å²) in [6.07, 6.45) is 2.87. The Labute approximate surface area is 166 Å². The normalized spacial score (nSPS) is 11.2. The Morgan fingerprint density at radius 2 is 1.78 bits per heavy atom. The number of nitrogens with zero attached hydrogens (tertiary/aromatic N) is 1. The molecule has 1 heterocycles. The van der Waals surface area contributed by atoms with Crippen molar-refractivity contribution in [3.63, 3.8) is 0 Å². The van der Waals surface area contributed by atoms with Crippen molar-refractivity contribution < 1.29 is 9.47 Å². The lowest BCUT2D eigenvalue weighted by Gasteiger charge is -2.17. The summed E-state index contributed by atoms with van der Waals surface area (Å²) in [6, 6.07) is 10.6. The number of rotatable bonds is 6. The fourth-order valence-electron chi connectivity index (χ4n) is 3.62. The van der Waals surface area contributed by atoms with Gasteiger partial charge >= 0.3 is 0 Å². The summed E-state index contributed by atoms with van der Waals surface area (Å²) in [7, 11) is 5.45. The highest BCUT2D eigenvalue weighted by Gasteiger charge is 2.17. The number of fused-ring (bicyclic) bond motifs is 1. The van der Waals surface area contributed by atoms with E-state index in [-0.39, 0.29) is 0 Å². The van der Waals surface area contributed by atoms with Crippen LogP contribution in [0, 0.1) is 6.92 Å². The first-order valence-corrected chi connectivity index (χ1v) is 9.60. The second kappa shape index (κ2) is 7.73. The van der Waals surface area contributed by atoms with E-state index in [1.807, 2.05) is 6.07 Å². The van der Waals surface area contributed by atoms with Gasteiger partial charge in [0.15, 0.2) is 0 Å². The third-order valence-electron chi connectivity index (χ3n) is 5.09. The van der Waals surface area contributed by atoms with Gasteiger partial charge in [0.25, 0.3) is 0 Å². The Bertz CT molecular complexity index is 1000. The first-order chi connectivity index (χ1) is 12.8. The Morgan fingerprint density at radius 1 is 1.07 bits per heavy atom. The number of aromatic nitrogens is 1. The molecule has 2 aromatic carbocycles. The van der Waals surface area contributed by atoms with E-state index in [0.29, 0.717) is 12.3 Å². The first kappa shape index (κ1) is 19.4. The molecule has 1 aromatic heterocycles. The highest BCUT2D eigenvalue weighted by molar-refractivity contribution is 7.80. The largest absolute Gasteiger partial charge is 0.496 e. The molecular formula is C23H27NO2S. The van der Waals surface area contributed by atoms with Crippen molar-refractivity contribution in [2.24, 2.45) is 7.05 Å². The maximum Gasteiger partial charge on any atom is 0.130 e. The molecule has 0 radical (unpaired) electrons. The molecule has 3 nitrogen and oxygen atoms in total. The quantitative estimate of drug-likeness (QED) is 0.411. The molecule has 0 atom stereocenters. The lowest BCUT2D eigenvalue weighted by molar-refractivity contribution is 0.389. The minimum absolute atomic E-state index is 0.343. The summed E-state index contributed by atoms with van der Waals surface area (Å²) in [5.74, 6) is 1.95.